The summed E-state index contributed by atoms with van der Waals surface area (Å²) in [5.41, 5.74) is -3.40. The van der Waals surface area contributed by atoms with E-state index >= 15 is 17.6 Å². The second kappa shape index (κ2) is 6.78. The first-order valence-corrected chi connectivity index (χ1v) is 10.2. The van der Waals surface area contributed by atoms with Gasteiger partial charge in [0, 0.05) is 50.8 Å². The van der Waals surface area contributed by atoms with Gasteiger partial charge >= 0.3 is 17.8 Å². The number of nitriles is 1. The Labute approximate surface area is 183 Å². The summed E-state index contributed by atoms with van der Waals surface area (Å²) in [5.74, 6) is -16.5. The van der Waals surface area contributed by atoms with Gasteiger partial charge in [-0.25, -0.2) is 0 Å². The number of fused-ring (bicyclic) bond motifs is 1. The zero-order valence-corrected chi connectivity index (χ0v) is 18.1. The molecule has 2 heterocycles. The van der Waals surface area contributed by atoms with Gasteiger partial charge in [-0.3, -0.25) is 0 Å². The van der Waals surface area contributed by atoms with Crippen LogP contribution in [0.1, 0.15) is 26.6 Å². The van der Waals surface area contributed by atoms with Gasteiger partial charge in [-0.1, -0.05) is 18.2 Å². The molecule has 4 rings (SSSR count). The van der Waals surface area contributed by atoms with Crippen molar-refractivity contribution >= 4 is 33.4 Å². The van der Waals surface area contributed by atoms with Crippen LogP contribution in [-0.4, -0.2) is 29.4 Å². The van der Waals surface area contributed by atoms with Crippen molar-refractivity contribution in [3.05, 3.63) is 50.8 Å². The summed E-state index contributed by atoms with van der Waals surface area (Å²) in [6, 6.07) is 7.89. The van der Waals surface area contributed by atoms with Crippen molar-refractivity contribution in [2.24, 2.45) is 7.05 Å². The average Bonchev–Trinajstić information content (AvgIpc) is 3.22. The van der Waals surface area contributed by atoms with Gasteiger partial charge < -0.3 is 9.30 Å². The number of benzene rings is 1. The Morgan fingerprint density at radius 3 is 2.09 bits per heavy atom. The predicted octanol–water partition coefficient (Wildman–Crippen LogP) is 6.57. The van der Waals surface area contributed by atoms with Crippen molar-refractivity contribution in [3.8, 4) is 11.8 Å². The molecule has 0 aliphatic heterocycles. The zero-order valence-electron chi connectivity index (χ0n) is 17.3. The third kappa shape index (κ3) is 2.48. The molecule has 1 aromatic carbocycles. The minimum atomic E-state index is -5.69. The van der Waals surface area contributed by atoms with Crippen LogP contribution in [-0.2, 0) is 7.05 Å². The molecule has 0 N–H and O–H groups in total. The number of para-hydroxylation sites is 1. The summed E-state index contributed by atoms with van der Waals surface area (Å²) in [7, 11) is 2.60. The second-order valence-electron chi connectivity index (χ2n) is 7.52. The molecule has 32 heavy (non-hydrogen) atoms. The van der Waals surface area contributed by atoms with E-state index in [-0.39, 0.29) is 26.4 Å². The maximum Gasteiger partial charge on any atom is 0.380 e. The van der Waals surface area contributed by atoms with Gasteiger partial charge in [-0.15, -0.1) is 11.3 Å². The van der Waals surface area contributed by atoms with Crippen molar-refractivity contribution < 1.29 is 31.1 Å². The number of hydrogen-bond donors (Lipinski definition) is 0. The smallest absolute Gasteiger partial charge is 0.380 e. The van der Waals surface area contributed by atoms with Crippen LogP contribution in [0.5, 0.6) is 5.75 Å². The Bertz CT molecular complexity index is 1340. The number of thiophene rings is 1. The van der Waals surface area contributed by atoms with Crippen molar-refractivity contribution in [2.75, 3.05) is 7.11 Å². The third-order valence-electron chi connectivity index (χ3n) is 5.91. The Morgan fingerprint density at radius 2 is 1.53 bits per heavy atom. The standard InChI is InChI=1S/C22H16F6N2OS/c1-10-15(12-7-5-6-8-13(12)30(10)3)17-18(21(25,26)22(27,28)20(17,23)24)16-11(2)32-14(9-29)19(16)31-4/h5-8H,1-4H3. The van der Waals surface area contributed by atoms with Gasteiger partial charge in [-0.2, -0.15) is 31.6 Å². The summed E-state index contributed by atoms with van der Waals surface area (Å²) in [6.07, 6.45) is 0. The van der Waals surface area contributed by atoms with Crippen LogP contribution >= 0.6 is 11.3 Å². The SMILES string of the molecule is COc1c(C#N)sc(C)c1C1=C(c2c(C)n(C)c3ccccc23)C(F)(F)C(F)(F)C1(F)F. The Kier molecular flexibility index (Phi) is 4.72. The number of ether oxygens (including phenoxy) is 1. The van der Waals surface area contributed by atoms with Crippen molar-refractivity contribution in [1.29, 1.82) is 5.26 Å². The molecular weight excluding hydrogens is 454 g/mol. The van der Waals surface area contributed by atoms with E-state index < -0.39 is 40.2 Å². The summed E-state index contributed by atoms with van der Waals surface area (Å²) in [4.78, 5) is -0.173. The number of nitrogens with zero attached hydrogens (tertiary/aromatic N) is 2. The molecule has 0 unspecified atom stereocenters. The van der Waals surface area contributed by atoms with E-state index in [0.29, 0.717) is 16.9 Å². The summed E-state index contributed by atoms with van der Waals surface area (Å²) in [6.45, 7) is 2.71. The number of rotatable bonds is 3. The normalized spacial score (nSPS) is 18.9. The number of aryl methyl sites for hydroxylation is 2. The van der Waals surface area contributed by atoms with Gasteiger partial charge in [0.05, 0.1) is 7.11 Å². The van der Waals surface area contributed by atoms with E-state index in [1.54, 1.807) is 18.2 Å². The zero-order chi connectivity index (χ0) is 23.8. The van der Waals surface area contributed by atoms with Gasteiger partial charge in [-0.05, 0) is 19.9 Å². The number of halogens is 6. The Hall–Kier alpha value is -2.93. The topological polar surface area (TPSA) is 37.9 Å². The van der Waals surface area contributed by atoms with Crippen LogP contribution in [0.25, 0.3) is 22.0 Å². The quantitative estimate of drug-likeness (QED) is 0.406. The molecule has 1 aliphatic carbocycles. The fraction of sp³-hybridized carbons (Fsp3) is 0.318. The van der Waals surface area contributed by atoms with Crippen molar-refractivity contribution in [1.82, 2.24) is 4.57 Å². The summed E-state index contributed by atoms with van der Waals surface area (Å²) >= 11 is 0.715. The lowest BCUT2D eigenvalue weighted by molar-refractivity contribution is -0.254. The highest BCUT2D eigenvalue weighted by Crippen LogP contribution is 2.67. The van der Waals surface area contributed by atoms with Crippen LogP contribution in [0.4, 0.5) is 26.3 Å². The highest BCUT2D eigenvalue weighted by Gasteiger charge is 2.81. The van der Waals surface area contributed by atoms with Crippen LogP contribution in [0.15, 0.2) is 24.3 Å². The maximum absolute atomic E-state index is 15.3. The van der Waals surface area contributed by atoms with E-state index in [0.717, 1.165) is 7.11 Å². The Balaban J connectivity index is 2.27. The number of hydrogen-bond acceptors (Lipinski definition) is 3. The number of allylic oxidation sites excluding steroid dienone is 2. The van der Waals surface area contributed by atoms with Gasteiger partial charge in [0.15, 0.2) is 5.75 Å². The number of alkyl halides is 6. The molecule has 0 atom stereocenters. The number of aromatic nitrogens is 1. The third-order valence-corrected chi connectivity index (χ3v) is 6.90. The molecule has 0 bridgehead atoms. The van der Waals surface area contributed by atoms with Gasteiger partial charge in [0.25, 0.3) is 0 Å². The minimum absolute atomic E-state index is 0.00281. The molecule has 0 radical (unpaired) electrons. The van der Waals surface area contributed by atoms with Crippen LogP contribution in [0.2, 0.25) is 0 Å². The molecule has 168 valence electrons. The minimum Gasteiger partial charge on any atom is -0.494 e. The highest BCUT2D eigenvalue weighted by molar-refractivity contribution is 7.13. The van der Waals surface area contributed by atoms with Crippen molar-refractivity contribution in [3.63, 3.8) is 0 Å². The molecule has 3 nitrogen and oxygen atoms in total. The first-order chi connectivity index (χ1) is 14.8. The lowest BCUT2D eigenvalue weighted by Crippen LogP contribution is -2.49. The van der Waals surface area contributed by atoms with E-state index in [2.05, 4.69) is 0 Å². The van der Waals surface area contributed by atoms with Crippen LogP contribution in [0, 0.1) is 25.2 Å². The summed E-state index contributed by atoms with van der Waals surface area (Å²) in [5, 5.41) is 9.45. The largest absolute Gasteiger partial charge is 0.494 e. The van der Waals surface area contributed by atoms with Crippen LogP contribution < -0.4 is 4.74 Å². The maximum atomic E-state index is 15.3. The molecule has 3 aromatic rings. The lowest BCUT2D eigenvalue weighted by Gasteiger charge is -2.26. The van der Waals surface area contributed by atoms with E-state index in [4.69, 9.17) is 4.74 Å². The molecule has 0 saturated carbocycles. The fourth-order valence-corrected chi connectivity index (χ4v) is 5.23. The predicted molar refractivity (Wildman–Crippen MR) is 110 cm³/mol. The van der Waals surface area contributed by atoms with Crippen LogP contribution in [0.3, 0.4) is 0 Å². The molecule has 0 fully saturated rings. The molecule has 0 saturated heterocycles. The van der Waals surface area contributed by atoms with E-state index in [1.165, 1.54) is 37.6 Å². The monoisotopic (exact) mass is 470 g/mol. The van der Waals surface area contributed by atoms with Gasteiger partial charge in [0.2, 0.25) is 0 Å². The molecule has 0 spiro atoms. The first-order valence-electron chi connectivity index (χ1n) is 9.35. The molecule has 0 amide bonds. The molecule has 2 aromatic heterocycles. The number of methoxy groups -OCH3 is 1. The molecular formula is C22H16F6N2OS. The highest BCUT2D eigenvalue weighted by atomic mass is 32.1. The first kappa shape index (κ1) is 22.3. The second-order valence-corrected chi connectivity index (χ2v) is 8.74. The van der Waals surface area contributed by atoms with Crippen molar-refractivity contribution in [2.45, 2.75) is 31.6 Å². The summed E-state index contributed by atoms with van der Waals surface area (Å²) < 4.78 is 97.0. The molecule has 1 aliphatic rings. The Morgan fingerprint density at radius 1 is 0.969 bits per heavy atom. The average molecular weight is 470 g/mol. The van der Waals surface area contributed by atoms with Gasteiger partial charge in [0.1, 0.15) is 10.9 Å². The lowest BCUT2D eigenvalue weighted by atomic mass is 9.92. The fourth-order valence-electron chi connectivity index (χ4n) is 4.31. The van der Waals surface area contributed by atoms with E-state index in [1.807, 2.05) is 0 Å². The van der Waals surface area contributed by atoms with E-state index in [9.17, 15) is 14.0 Å². The molecule has 10 heteroatoms.